The van der Waals surface area contributed by atoms with Gasteiger partial charge in [-0.3, -0.25) is 0 Å². The van der Waals surface area contributed by atoms with Crippen LogP contribution in [0.5, 0.6) is 0 Å². The van der Waals surface area contributed by atoms with E-state index in [1.54, 1.807) is 11.1 Å². The van der Waals surface area contributed by atoms with Crippen molar-refractivity contribution in [3.05, 3.63) is 11.1 Å². The molecule has 3 unspecified atom stereocenters. The van der Waals surface area contributed by atoms with Gasteiger partial charge in [0.15, 0.2) is 8.32 Å². The van der Waals surface area contributed by atoms with Crippen LogP contribution in [0.3, 0.4) is 0 Å². The van der Waals surface area contributed by atoms with Gasteiger partial charge < -0.3 is 4.43 Å². The Hall–Kier alpha value is -0.0831. The third kappa shape index (κ3) is 2.45. The van der Waals surface area contributed by atoms with Crippen LogP contribution in [-0.4, -0.2) is 14.4 Å². The summed E-state index contributed by atoms with van der Waals surface area (Å²) in [5, 5.41) is 0.314. The van der Waals surface area contributed by atoms with Crippen molar-refractivity contribution < 1.29 is 4.43 Å². The van der Waals surface area contributed by atoms with Crippen molar-refractivity contribution in [1.82, 2.24) is 0 Å². The molecule has 2 heteroatoms. The van der Waals surface area contributed by atoms with Gasteiger partial charge in [0.25, 0.3) is 0 Å². The summed E-state index contributed by atoms with van der Waals surface area (Å²) >= 11 is 0. The zero-order valence-electron chi connectivity index (χ0n) is 15.9. The van der Waals surface area contributed by atoms with E-state index in [0.29, 0.717) is 16.6 Å². The minimum atomic E-state index is -1.68. The van der Waals surface area contributed by atoms with Gasteiger partial charge in [0, 0.05) is 0 Å². The maximum Gasteiger partial charge on any atom is 0.192 e. The second-order valence-corrected chi connectivity index (χ2v) is 14.8. The van der Waals surface area contributed by atoms with Crippen molar-refractivity contribution in [2.75, 3.05) is 0 Å². The number of rotatable bonds is 2. The fraction of sp³-hybridized carbons (Fsp3) is 0.900. The van der Waals surface area contributed by atoms with E-state index in [-0.39, 0.29) is 0 Å². The van der Waals surface area contributed by atoms with Crippen LogP contribution in [0.25, 0.3) is 0 Å². The Morgan fingerprint density at radius 3 is 2.36 bits per heavy atom. The molecular formula is C20H36OSi. The second kappa shape index (κ2) is 5.21. The van der Waals surface area contributed by atoms with E-state index in [2.05, 4.69) is 47.7 Å². The average Bonchev–Trinajstić information content (AvgIpc) is 2.92. The number of fused-ring (bicyclic) bond motifs is 2. The first-order valence-corrected chi connectivity index (χ1v) is 12.4. The smallest absolute Gasteiger partial charge is 0.192 e. The molecule has 0 aromatic heterocycles. The average molecular weight is 321 g/mol. The summed E-state index contributed by atoms with van der Waals surface area (Å²) in [5.74, 6) is 1.75. The minimum Gasteiger partial charge on any atom is -0.410 e. The summed E-state index contributed by atoms with van der Waals surface area (Å²) in [4.78, 5) is 0. The lowest BCUT2D eigenvalue weighted by atomic mass is 9.74. The lowest BCUT2D eigenvalue weighted by molar-refractivity contribution is 0.181. The molecule has 0 heterocycles. The Kier molecular flexibility index (Phi) is 3.97. The fourth-order valence-corrected chi connectivity index (χ4v) is 6.50. The highest BCUT2D eigenvalue weighted by Crippen LogP contribution is 2.61. The van der Waals surface area contributed by atoms with E-state index in [4.69, 9.17) is 4.43 Å². The summed E-state index contributed by atoms with van der Waals surface area (Å²) in [5.41, 5.74) is 4.02. The topological polar surface area (TPSA) is 9.23 Å². The molecule has 0 spiro atoms. The Balaban J connectivity index is 1.92. The van der Waals surface area contributed by atoms with Gasteiger partial charge >= 0.3 is 0 Å². The third-order valence-corrected chi connectivity index (χ3v) is 11.9. The molecule has 1 saturated carbocycles. The Morgan fingerprint density at radius 1 is 1.05 bits per heavy atom. The SMILES string of the molecule is CC1(C)C2=C(C(O[Si](C)(C)C(C)(C)C)CCC2)C2CCCC21. The van der Waals surface area contributed by atoms with Crippen molar-refractivity contribution in [3.63, 3.8) is 0 Å². The van der Waals surface area contributed by atoms with Crippen molar-refractivity contribution in [2.45, 2.75) is 97.4 Å². The van der Waals surface area contributed by atoms with Gasteiger partial charge in [0.1, 0.15) is 0 Å². The van der Waals surface area contributed by atoms with Gasteiger partial charge in [-0.2, -0.15) is 0 Å². The number of hydrogen-bond donors (Lipinski definition) is 0. The molecule has 0 bridgehead atoms. The molecule has 126 valence electrons. The van der Waals surface area contributed by atoms with Gasteiger partial charge in [-0.15, -0.1) is 0 Å². The third-order valence-electron chi connectivity index (χ3n) is 7.45. The lowest BCUT2D eigenvalue weighted by Crippen LogP contribution is -2.45. The number of allylic oxidation sites excluding steroid dienone is 1. The van der Waals surface area contributed by atoms with E-state index in [1.165, 1.54) is 38.5 Å². The summed E-state index contributed by atoms with van der Waals surface area (Å²) < 4.78 is 6.94. The highest BCUT2D eigenvalue weighted by atomic mass is 28.4. The molecule has 0 aromatic rings. The zero-order valence-corrected chi connectivity index (χ0v) is 16.9. The maximum absolute atomic E-state index is 6.94. The van der Waals surface area contributed by atoms with E-state index >= 15 is 0 Å². The van der Waals surface area contributed by atoms with Crippen LogP contribution in [0.1, 0.15) is 73.1 Å². The van der Waals surface area contributed by atoms with Crippen LogP contribution < -0.4 is 0 Å². The normalized spacial score (nSPS) is 34.8. The molecule has 3 aliphatic carbocycles. The monoisotopic (exact) mass is 320 g/mol. The quantitative estimate of drug-likeness (QED) is 0.427. The molecule has 0 radical (unpaired) electrons. The van der Waals surface area contributed by atoms with E-state index in [9.17, 15) is 0 Å². The summed E-state index contributed by atoms with van der Waals surface area (Å²) in [6.45, 7) is 17.0. The van der Waals surface area contributed by atoms with Gasteiger partial charge in [0.05, 0.1) is 6.10 Å². The summed E-state index contributed by atoms with van der Waals surface area (Å²) in [7, 11) is -1.68. The molecule has 3 aliphatic rings. The van der Waals surface area contributed by atoms with Gasteiger partial charge in [-0.1, -0.05) is 46.6 Å². The Morgan fingerprint density at radius 2 is 1.73 bits per heavy atom. The van der Waals surface area contributed by atoms with Gasteiger partial charge in [0.2, 0.25) is 0 Å². The van der Waals surface area contributed by atoms with Crippen molar-refractivity contribution in [3.8, 4) is 0 Å². The highest BCUT2D eigenvalue weighted by molar-refractivity contribution is 6.74. The molecule has 1 nitrogen and oxygen atoms in total. The number of hydrogen-bond acceptors (Lipinski definition) is 1. The molecular weight excluding hydrogens is 284 g/mol. The van der Waals surface area contributed by atoms with E-state index < -0.39 is 8.32 Å². The van der Waals surface area contributed by atoms with Crippen LogP contribution in [-0.2, 0) is 4.43 Å². The molecule has 0 aromatic carbocycles. The fourth-order valence-electron chi connectivity index (χ4n) is 5.19. The summed E-state index contributed by atoms with van der Waals surface area (Å²) in [6.07, 6.45) is 8.68. The maximum atomic E-state index is 6.94. The van der Waals surface area contributed by atoms with Crippen LogP contribution in [0.4, 0.5) is 0 Å². The van der Waals surface area contributed by atoms with Gasteiger partial charge in [-0.05, 0) is 73.1 Å². The molecule has 0 N–H and O–H groups in total. The standard InChI is InChI=1S/C20H36OSi/c1-19(2,3)22(6,7)21-17-13-9-12-16-18(17)14-10-8-11-15(14)20(16,4)5/h14-15,17H,8-13H2,1-7H3. The lowest BCUT2D eigenvalue weighted by Gasteiger charge is -2.42. The Bertz CT molecular complexity index is 480. The second-order valence-electron chi connectivity index (χ2n) is 10.1. The van der Waals surface area contributed by atoms with Crippen molar-refractivity contribution in [1.29, 1.82) is 0 Å². The van der Waals surface area contributed by atoms with Crippen LogP contribution in [0.15, 0.2) is 11.1 Å². The van der Waals surface area contributed by atoms with Crippen LogP contribution >= 0.6 is 0 Å². The largest absolute Gasteiger partial charge is 0.410 e. The predicted octanol–water partition coefficient (Wildman–Crippen LogP) is 6.31. The molecule has 0 aliphatic heterocycles. The predicted molar refractivity (Wildman–Crippen MR) is 97.6 cm³/mol. The minimum absolute atomic E-state index is 0.314. The highest BCUT2D eigenvalue weighted by Gasteiger charge is 2.53. The molecule has 3 rings (SSSR count). The Labute approximate surface area is 139 Å². The molecule has 0 saturated heterocycles. The first-order chi connectivity index (χ1) is 10.1. The molecule has 1 fully saturated rings. The molecule has 22 heavy (non-hydrogen) atoms. The van der Waals surface area contributed by atoms with E-state index in [0.717, 1.165) is 11.8 Å². The van der Waals surface area contributed by atoms with Crippen molar-refractivity contribution in [2.24, 2.45) is 17.3 Å². The summed E-state index contributed by atoms with van der Waals surface area (Å²) in [6, 6.07) is 0. The zero-order chi connectivity index (χ0) is 16.3. The van der Waals surface area contributed by atoms with Crippen LogP contribution in [0.2, 0.25) is 18.1 Å². The first-order valence-electron chi connectivity index (χ1n) is 9.47. The first kappa shape index (κ1) is 16.8. The van der Waals surface area contributed by atoms with Crippen molar-refractivity contribution >= 4 is 8.32 Å². The molecule has 3 atom stereocenters. The van der Waals surface area contributed by atoms with Crippen LogP contribution in [0, 0.1) is 17.3 Å². The molecule has 0 amide bonds. The van der Waals surface area contributed by atoms with E-state index in [1.807, 2.05) is 0 Å². The van der Waals surface area contributed by atoms with Gasteiger partial charge in [-0.25, -0.2) is 0 Å².